The Hall–Kier alpha value is -2.05. The van der Waals surface area contributed by atoms with Gasteiger partial charge < -0.3 is 15.3 Å². The third-order valence-electron chi connectivity index (χ3n) is 1.98. The minimum Gasteiger partial charge on any atom is -0.479 e. The summed E-state index contributed by atoms with van der Waals surface area (Å²) in [5.74, 6) is -1.12. The lowest BCUT2D eigenvalue weighted by Gasteiger charge is -2.16. The lowest BCUT2D eigenvalue weighted by Crippen LogP contribution is -2.40. The van der Waals surface area contributed by atoms with Crippen LogP contribution in [-0.4, -0.2) is 45.9 Å². The smallest absolute Gasteiger partial charge is 0.331 e. The minimum atomic E-state index is -1.12. The van der Waals surface area contributed by atoms with Gasteiger partial charge in [-0.3, -0.25) is 4.68 Å². The second-order valence-electron chi connectivity index (χ2n) is 3.56. The summed E-state index contributed by atoms with van der Waals surface area (Å²) in [6, 6.07) is -1.54. The molecular formula is C9H14N4O3. The van der Waals surface area contributed by atoms with Crippen LogP contribution in [0.4, 0.5) is 4.79 Å². The Labute approximate surface area is 92.7 Å². The fourth-order valence-electron chi connectivity index (χ4n) is 1.13. The second kappa shape index (κ2) is 4.65. The zero-order valence-electron chi connectivity index (χ0n) is 9.34. The zero-order valence-corrected chi connectivity index (χ0v) is 9.34. The fourth-order valence-corrected chi connectivity index (χ4v) is 1.13. The first kappa shape index (κ1) is 12.0. The van der Waals surface area contributed by atoms with Gasteiger partial charge in [-0.25, -0.2) is 9.59 Å². The number of aliphatic carboxylic acids is 1. The van der Waals surface area contributed by atoms with Crippen LogP contribution < -0.4 is 5.32 Å². The minimum absolute atomic E-state index is 0.435. The molecule has 1 rings (SSSR count). The summed E-state index contributed by atoms with van der Waals surface area (Å²) in [6.07, 6.45) is 2.96. The van der Waals surface area contributed by atoms with Gasteiger partial charge in [-0.1, -0.05) is 0 Å². The van der Waals surface area contributed by atoms with Crippen molar-refractivity contribution in [2.24, 2.45) is 7.05 Å². The number of carbonyl (C=O) groups is 2. The molecule has 1 unspecified atom stereocenters. The second-order valence-corrected chi connectivity index (χ2v) is 3.56. The summed E-state index contributed by atoms with van der Waals surface area (Å²) in [5.41, 5.74) is 0.435. The Morgan fingerprint density at radius 3 is 2.56 bits per heavy atom. The predicted octanol–water partition coefficient (Wildman–Crippen LogP) is -0.183. The van der Waals surface area contributed by atoms with E-state index in [4.69, 9.17) is 5.11 Å². The van der Waals surface area contributed by atoms with Crippen molar-refractivity contribution in [1.29, 1.82) is 0 Å². The Kier molecular flexibility index (Phi) is 3.49. The first-order valence-electron chi connectivity index (χ1n) is 4.61. The van der Waals surface area contributed by atoms with Crippen LogP contribution in [0.2, 0.25) is 0 Å². The highest BCUT2D eigenvalue weighted by Gasteiger charge is 2.23. The van der Waals surface area contributed by atoms with Gasteiger partial charge >= 0.3 is 12.0 Å². The van der Waals surface area contributed by atoms with Gasteiger partial charge in [-0.15, -0.1) is 0 Å². The van der Waals surface area contributed by atoms with Crippen molar-refractivity contribution in [3.63, 3.8) is 0 Å². The van der Waals surface area contributed by atoms with Crippen LogP contribution in [0.15, 0.2) is 12.4 Å². The van der Waals surface area contributed by atoms with E-state index in [0.29, 0.717) is 5.56 Å². The Balaban J connectivity index is 2.84. The molecule has 0 radical (unpaired) electrons. The van der Waals surface area contributed by atoms with E-state index in [1.807, 2.05) is 0 Å². The molecule has 1 aromatic rings. The number of rotatable bonds is 3. The maximum absolute atomic E-state index is 11.4. The Bertz CT molecular complexity index is 399. The van der Waals surface area contributed by atoms with Gasteiger partial charge in [0.1, 0.15) is 0 Å². The number of carboxylic acid groups (broad SMARTS) is 1. The molecule has 0 saturated carbocycles. The molecule has 0 spiro atoms. The van der Waals surface area contributed by atoms with Crippen LogP contribution in [0.3, 0.4) is 0 Å². The van der Waals surface area contributed by atoms with Gasteiger partial charge in [0.05, 0.1) is 6.20 Å². The van der Waals surface area contributed by atoms with E-state index < -0.39 is 18.0 Å². The number of carbonyl (C=O) groups excluding carboxylic acids is 1. The van der Waals surface area contributed by atoms with Gasteiger partial charge in [0.15, 0.2) is 6.04 Å². The van der Waals surface area contributed by atoms with E-state index in [1.165, 1.54) is 29.9 Å². The maximum Gasteiger partial charge on any atom is 0.331 e. The maximum atomic E-state index is 11.4. The van der Waals surface area contributed by atoms with Crippen molar-refractivity contribution >= 4 is 12.0 Å². The molecule has 0 aliphatic rings. The molecule has 16 heavy (non-hydrogen) atoms. The van der Waals surface area contributed by atoms with Crippen LogP contribution in [0, 0.1) is 0 Å². The van der Waals surface area contributed by atoms with Crippen molar-refractivity contribution in [1.82, 2.24) is 20.0 Å². The van der Waals surface area contributed by atoms with E-state index >= 15 is 0 Å². The van der Waals surface area contributed by atoms with Gasteiger partial charge in [-0.2, -0.15) is 5.10 Å². The highest BCUT2D eigenvalue weighted by Crippen LogP contribution is 2.11. The molecule has 0 aromatic carbocycles. The Morgan fingerprint density at radius 2 is 2.19 bits per heavy atom. The van der Waals surface area contributed by atoms with Crippen LogP contribution >= 0.6 is 0 Å². The number of aromatic nitrogens is 2. The molecule has 0 saturated heterocycles. The summed E-state index contributed by atoms with van der Waals surface area (Å²) in [4.78, 5) is 23.6. The van der Waals surface area contributed by atoms with Crippen molar-refractivity contribution in [2.75, 3.05) is 14.1 Å². The molecule has 0 aliphatic carbocycles. The van der Waals surface area contributed by atoms with Crippen molar-refractivity contribution < 1.29 is 14.7 Å². The monoisotopic (exact) mass is 226 g/mol. The number of hydrogen-bond donors (Lipinski definition) is 2. The largest absolute Gasteiger partial charge is 0.479 e. The quantitative estimate of drug-likeness (QED) is 0.748. The van der Waals surface area contributed by atoms with Gasteiger partial charge in [0.2, 0.25) is 0 Å². The van der Waals surface area contributed by atoms with Gasteiger partial charge in [0.25, 0.3) is 0 Å². The van der Waals surface area contributed by atoms with Crippen molar-refractivity contribution in [2.45, 2.75) is 6.04 Å². The average molecular weight is 226 g/mol. The molecule has 7 heteroatoms. The summed E-state index contributed by atoms with van der Waals surface area (Å²) < 4.78 is 1.48. The molecule has 0 bridgehead atoms. The lowest BCUT2D eigenvalue weighted by molar-refractivity contribution is -0.139. The predicted molar refractivity (Wildman–Crippen MR) is 55.8 cm³/mol. The molecule has 1 aromatic heterocycles. The summed E-state index contributed by atoms with van der Waals surface area (Å²) in [6.45, 7) is 0. The third kappa shape index (κ3) is 2.72. The average Bonchev–Trinajstić information content (AvgIpc) is 2.59. The van der Waals surface area contributed by atoms with E-state index in [9.17, 15) is 9.59 Å². The number of amides is 2. The Morgan fingerprint density at radius 1 is 1.56 bits per heavy atom. The first-order valence-corrected chi connectivity index (χ1v) is 4.61. The third-order valence-corrected chi connectivity index (χ3v) is 1.98. The van der Waals surface area contributed by atoms with Crippen LogP contribution in [0.5, 0.6) is 0 Å². The molecule has 0 fully saturated rings. The van der Waals surface area contributed by atoms with Crippen LogP contribution in [0.1, 0.15) is 11.6 Å². The SMILES string of the molecule is CN(C)C(=O)NC(C(=O)O)c1cnn(C)c1. The van der Waals surface area contributed by atoms with Gasteiger partial charge in [-0.05, 0) is 0 Å². The molecule has 88 valence electrons. The number of nitrogens with one attached hydrogen (secondary N) is 1. The van der Waals surface area contributed by atoms with E-state index in [-0.39, 0.29) is 0 Å². The number of hydrogen-bond acceptors (Lipinski definition) is 3. The lowest BCUT2D eigenvalue weighted by atomic mass is 10.1. The summed E-state index contributed by atoms with van der Waals surface area (Å²) in [7, 11) is 4.76. The molecule has 2 amide bonds. The topological polar surface area (TPSA) is 87.5 Å². The summed E-state index contributed by atoms with van der Waals surface area (Å²) >= 11 is 0. The first-order chi connectivity index (χ1) is 7.41. The van der Waals surface area contributed by atoms with Gasteiger partial charge in [0, 0.05) is 32.9 Å². The van der Waals surface area contributed by atoms with Crippen molar-refractivity contribution in [3.8, 4) is 0 Å². The molecule has 7 nitrogen and oxygen atoms in total. The molecule has 0 aliphatic heterocycles. The number of urea groups is 1. The molecule has 1 heterocycles. The molecular weight excluding hydrogens is 212 g/mol. The van der Waals surface area contributed by atoms with Crippen molar-refractivity contribution in [3.05, 3.63) is 18.0 Å². The van der Waals surface area contributed by atoms with Crippen LogP contribution in [-0.2, 0) is 11.8 Å². The number of carboxylic acids is 1. The number of aryl methyl sites for hydroxylation is 1. The van der Waals surface area contributed by atoms with E-state index in [2.05, 4.69) is 10.4 Å². The number of nitrogens with zero attached hydrogens (tertiary/aromatic N) is 3. The van der Waals surface area contributed by atoms with E-state index in [0.717, 1.165) is 0 Å². The fraction of sp³-hybridized carbons (Fsp3) is 0.444. The zero-order chi connectivity index (χ0) is 12.3. The normalized spacial score (nSPS) is 11.9. The highest BCUT2D eigenvalue weighted by molar-refractivity contribution is 5.83. The highest BCUT2D eigenvalue weighted by atomic mass is 16.4. The van der Waals surface area contributed by atoms with Crippen LogP contribution in [0.25, 0.3) is 0 Å². The standard InChI is InChI=1S/C9H14N4O3/c1-12(2)9(16)11-7(8(14)15)6-4-10-13(3)5-6/h4-5,7H,1-3H3,(H,11,16)(H,14,15). The molecule has 1 atom stereocenters. The van der Waals surface area contributed by atoms with E-state index in [1.54, 1.807) is 13.2 Å². The summed E-state index contributed by atoms with van der Waals surface area (Å²) in [5, 5.41) is 15.2. The molecule has 2 N–H and O–H groups in total.